The second-order valence-corrected chi connectivity index (χ2v) is 12.3. The summed E-state index contributed by atoms with van der Waals surface area (Å²) in [5, 5.41) is 6.37. The summed E-state index contributed by atoms with van der Waals surface area (Å²) < 4.78 is 11.6. The number of anilines is 1. The number of allylic oxidation sites excluding steroid dienone is 2. The van der Waals surface area contributed by atoms with Crippen LogP contribution >= 0.6 is 0 Å². The molecule has 1 aromatic rings. The third kappa shape index (κ3) is 7.06. The van der Waals surface area contributed by atoms with Gasteiger partial charge in [-0.05, 0) is 44.4 Å². The number of hydrogen-bond acceptors (Lipinski definition) is 8. The average Bonchev–Trinajstić information content (AvgIpc) is 2.99. The normalized spacial score (nSPS) is 30.0. The number of rotatable bonds is 4. The molecule has 0 bridgehead atoms. The van der Waals surface area contributed by atoms with E-state index in [0.29, 0.717) is 71.7 Å². The summed E-state index contributed by atoms with van der Waals surface area (Å²) in [5.74, 6) is 0.206. The first-order valence-electron chi connectivity index (χ1n) is 15.1. The maximum Gasteiger partial charge on any atom is 0.253 e. The number of carbonyl (C=O) groups is 3. The summed E-state index contributed by atoms with van der Waals surface area (Å²) in [6.45, 7) is 7.88. The zero-order valence-electron chi connectivity index (χ0n) is 24.3. The monoisotopic (exact) mass is 568 g/mol. The Balaban J connectivity index is 1.27. The van der Waals surface area contributed by atoms with E-state index in [-0.39, 0.29) is 35.6 Å². The van der Waals surface area contributed by atoms with Gasteiger partial charge >= 0.3 is 0 Å². The van der Waals surface area contributed by atoms with Crippen molar-refractivity contribution < 1.29 is 23.9 Å². The Hall–Kier alpha value is -3.05. The Morgan fingerprint density at radius 3 is 2.63 bits per heavy atom. The molecular weight excluding hydrogens is 524 g/mol. The molecule has 0 saturated carbocycles. The zero-order valence-corrected chi connectivity index (χ0v) is 24.3. The molecule has 5 heterocycles. The van der Waals surface area contributed by atoms with Crippen molar-refractivity contribution in [1.82, 2.24) is 25.5 Å². The third-order valence-electron chi connectivity index (χ3n) is 9.01. The van der Waals surface area contributed by atoms with Crippen LogP contribution in [0.25, 0.3) is 0 Å². The first kappa shape index (κ1) is 29.4. The number of ether oxygens (including phenoxy) is 2. The fourth-order valence-electron chi connectivity index (χ4n) is 6.47. The summed E-state index contributed by atoms with van der Waals surface area (Å²) in [6.07, 6.45) is 12.4. The Bertz CT molecular complexity index is 1090. The van der Waals surface area contributed by atoms with Gasteiger partial charge in [-0.3, -0.25) is 14.4 Å². The summed E-state index contributed by atoms with van der Waals surface area (Å²) in [5.41, 5.74) is 0.194. The number of fused-ring (bicyclic) bond motifs is 1. The molecule has 0 aliphatic carbocycles. The molecule has 0 radical (unpaired) electrons. The van der Waals surface area contributed by atoms with Gasteiger partial charge in [0, 0.05) is 38.2 Å². The zero-order chi connectivity index (χ0) is 28.8. The van der Waals surface area contributed by atoms with Gasteiger partial charge in [-0.1, -0.05) is 26.0 Å². The van der Waals surface area contributed by atoms with E-state index in [2.05, 4.69) is 51.5 Å². The van der Waals surface area contributed by atoms with E-state index in [9.17, 15) is 14.4 Å². The van der Waals surface area contributed by atoms with Gasteiger partial charge in [0.2, 0.25) is 11.8 Å². The third-order valence-corrected chi connectivity index (χ3v) is 9.01. The Morgan fingerprint density at radius 1 is 1.10 bits per heavy atom. The molecule has 4 atom stereocenters. The lowest BCUT2D eigenvalue weighted by molar-refractivity contribution is -0.150. The fraction of sp³-hybridized carbons (Fsp3) is 0.700. The number of morpholine rings is 1. The van der Waals surface area contributed by atoms with Crippen LogP contribution < -0.4 is 15.5 Å². The summed E-state index contributed by atoms with van der Waals surface area (Å²) in [4.78, 5) is 52.9. The van der Waals surface area contributed by atoms with E-state index in [1.54, 1.807) is 12.4 Å². The van der Waals surface area contributed by atoms with E-state index in [1.807, 2.05) is 4.90 Å². The van der Waals surface area contributed by atoms with E-state index in [1.165, 1.54) is 6.33 Å². The number of aromatic nitrogens is 2. The van der Waals surface area contributed by atoms with Gasteiger partial charge in [0.1, 0.15) is 12.4 Å². The predicted molar refractivity (Wildman–Crippen MR) is 153 cm³/mol. The second kappa shape index (κ2) is 13.3. The molecule has 3 saturated heterocycles. The lowest BCUT2D eigenvalue weighted by Gasteiger charge is -2.43. The van der Waals surface area contributed by atoms with E-state index < -0.39 is 17.6 Å². The Kier molecular flexibility index (Phi) is 9.54. The summed E-state index contributed by atoms with van der Waals surface area (Å²) in [7, 11) is 0. The summed E-state index contributed by atoms with van der Waals surface area (Å²) >= 11 is 0. The minimum Gasteiger partial charge on any atom is -0.381 e. The van der Waals surface area contributed by atoms with Crippen LogP contribution in [0, 0.1) is 17.3 Å². The molecule has 11 heteroatoms. The van der Waals surface area contributed by atoms with Gasteiger partial charge < -0.3 is 29.9 Å². The van der Waals surface area contributed by atoms with Crippen molar-refractivity contribution in [3.8, 4) is 0 Å². The minimum atomic E-state index is -0.675. The number of hydrogen-bond donors (Lipinski definition) is 2. The van der Waals surface area contributed by atoms with Crippen LogP contribution in [0.4, 0.5) is 5.69 Å². The van der Waals surface area contributed by atoms with Crippen LogP contribution in [-0.4, -0.2) is 96.8 Å². The first-order valence-corrected chi connectivity index (χ1v) is 15.1. The Labute approximate surface area is 242 Å². The van der Waals surface area contributed by atoms with Crippen molar-refractivity contribution in [3.63, 3.8) is 0 Å². The highest BCUT2D eigenvalue weighted by Crippen LogP contribution is 2.37. The predicted octanol–water partition coefficient (Wildman–Crippen LogP) is 1.69. The number of carbonyl (C=O) groups excluding carboxylic acids is 3. The lowest BCUT2D eigenvalue weighted by atomic mass is 9.74. The van der Waals surface area contributed by atoms with Gasteiger partial charge in [-0.25, -0.2) is 9.97 Å². The average molecular weight is 569 g/mol. The topological polar surface area (TPSA) is 126 Å². The van der Waals surface area contributed by atoms with Crippen LogP contribution in [-0.2, 0) is 23.9 Å². The first-order chi connectivity index (χ1) is 19.8. The van der Waals surface area contributed by atoms with Gasteiger partial charge in [-0.15, -0.1) is 0 Å². The largest absolute Gasteiger partial charge is 0.381 e. The highest BCUT2D eigenvalue weighted by atomic mass is 16.5. The number of nitrogens with one attached hydrogen (secondary N) is 2. The minimum absolute atomic E-state index is 0.0439. The molecule has 4 aliphatic rings. The van der Waals surface area contributed by atoms with Gasteiger partial charge in [-0.2, -0.15) is 0 Å². The van der Waals surface area contributed by atoms with E-state index >= 15 is 0 Å². The van der Waals surface area contributed by atoms with Crippen LogP contribution in [0.5, 0.6) is 0 Å². The van der Waals surface area contributed by atoms with E-state index in [4.69, 9.17) is 9.47 Å². The van der Waals surface area contributed by atoms with Crippen molar-refractivity contribution in [2.75, 3.05) is 50.9 Å². The molecule has 41 heavy (non-hydrogen) atoms. The van der Waals surface area contributed by atoms with Gasteiger partial charge in [0.15, 0.2) is 6.10 Å². The van der Waals surface area contributed by atoms with Crippen molar-refractivity contribution in [1.29, 1.82) is 0 Å². The summed E-state index contributed by atoms with van der Waals surface area (Å²) in [6, 6.07) is -0.544. The molecule has 3 fully saturated rings. The highest BCUT2D eigenvalue weighted by Gasteiger charge is 2.44. The number of nitrogens with zero attached hydrogens (tertiary/aromatic N) is 4. The maximum atomic E-state index is 13.9. The molecule has 224 valence electrons. The highest BCUT2D eigenvalue weighted by molar-refractivity contribution is 5.91. The molecule has 1 aromatic heterocycles. The van der Waals surface area contributed by atoms with Crippen molar-refractivity contribution in [2.24, 2.45) is 17.3 Å². The Morgan fingerprint density at radius 2 is 1.88 bits per heavy atom. The molecule has 3 amide bonds. The molecule has 1 unspecified atom stereocenters. The molecule has 1 spiro atoms. The standard InChI is InChI=1S/C30H44N6O5/c1-21(2)15-25-27(37)33-24-6-13-40-19-22(24)5-3-4-7-30(29(39)34-25)8-10-35(11-9-30)28(38)26-18-36(12-14-41-26)23-16-31-20-32-17-23/h3-4,16-17,20-22,24-26H,5-15,18-19H2,1-2H3,(H,33,37)(H,34,39)/b4-3+/t22-,24+,25-,26?/m0/s1. The fourth-order valence-corrected chi connectivity index (χ4v) is 6.47. The van der Waals surface area contributed by atoms with Crippen LogP contribution in [0.1, 0.15) is 52.4 Å². The van der Waals surface area contributed by atoms with Crippen molar-refractivity contribution in [2.45, 2.75) is 70.6 Å². The number of piperidine rings is 1. The maximum absolute atomic E-state index is 13.9. The van der Waals surface area contributed by atoms with Crippen LogP contribution in [0.2, 0.25) is 0 Å². The molecular formula is C30H44N6O5. The lowest BCUT2D eigenvalue weighted by Crippen LogP contribution is -2.58. The smallest absolute Gasteiger partial charge is 0.253 e. The van der Waals surface area contributed by atoms with Crippen LogP contribution in [0.3, 0.4) is 0 Å². The van der Waals surface area contributed by atoms with Crippen molar-refractivity contribution >= 4 is 23.4 Å². The SMILES string of the molecule is CC(C)C[C@@H]1NC(=O)C2(C/C=C/C[C@H]3COCC[C@H]3NC1=O)CCN(C(=O)C1CN(c3cncnc3)CCO1)CC2. The number of likely N-dealkylation sites (tertiary alicyclic amines) is 1. The van der Waals surface area contributed by atoms with E-state index in [0.717, 1.165) is 18.5 Å². The van der Waals surface area contributed by atoms with Crippen molar-refractivity contribution in [3.05, 3.63) is 30.9 Å². The van der Waals surface area contributed by atoms with Gasteiger partial charge in [0.25, 0.3) is 5.91 Å². The molecule has 4 aliphatic heterocycles. The van der Waals surface area contributed by atoms with Gasteiger partial charge in [0.05, 0.1) is 43.3 Å². The number of amides is 3. The molecule has 2 N–H and O–H groups in total. The molecule has 5 rings (SSSR count). The van der Waals surface area contributed by atoms with Crippen LogP contribution in [0.15, 0.2) is 30.9 Å². The molecule has 11 nitrogen and oxygen atoms in total. The molecule has 0 aromatic carbocycles. The second-order valence-electron chi connectivity index (χ2n) is 12.3. The quantitative estimate of drug-likeness (QED) is 0.526.